The van der Waals surface area contributed by atoms with Gasteiger partial charge in [0.2, 0.25) is 17.6 Å². The molecule has 1 aromatic heterocycles. The molecule has 0 aliphatic heterocycles. The van der Waals surface area contributed by atoms with E-state index < -0.39 is 5.97 Å². The van der Waals surface area contributed by atoms with Crippen molar-refractivity contribution in [2.45, 2.75) is 27.3 Å². The number of carbonyl (C=O) groups is 2. The van der Waals surface area contributed by atoms with Gasteiger partial charge in [0.25, 0.3) is 0 Å². The number of para-hydroxylation sites is 3. The van der Waals surface area contributed by atoms with Crippen molar-refractivity contribution in [3.8, 4) is 5.75 Å². The van der Waals surface area contributed by atoms with E-state index in [0.29, 0.717) is 17.9 Å². The highest BCUT2D eigenvalue weighted by Gasteiger charge is 2.27. The van der Waals surface area contributed by atoms with Crippen molar-refractivity contribution in [1.82, 2.24) is 0 Å². The fraction of sp³-hybridized carbons (Fsp3) is 0.192. The summed E-state index contributed by atoms with van der Waals surface area (Å²) in [5.41, 5.74) is 3.81. The number of ether oxygens (including phenoxy) is 2. The number of benzene rings is 3. The third-order valence-electron chi connectivity index (χ3n) is 5.33. The molecular weight excluding hydrogens is 517 g/mol. The Kier molecular flexibility index (Phi) is 7.45. The number of hydrogen-bond acceptors (Lipinski definition) is 4. The molecule has 0 amide bonds. The zero-order valence-corrected chi connectivity index (χ0v) is 20.4. The van der Waals surface area contributed by atoms with E-state index in [1.165, 1.54) is 0 Å². The van der Waals surface area contributed by atoms with E-state index in [1.54, 1.807) is 6.92 Å². The average Bonchev–Trinajstić information content (AvgIpc) is 2.76. The molecule has 0 fully saturated rings. The molecule has 0 aliphatic carbocycles. The highest BCUT2D eigenvalue weighted by Crippen LogP contribution is 2.29. The molecule has 4 rings (SSSR count). The first-order chi connectivity index (χ1) is 15.0. The summed E-state index contributed by atoms with van der Waals surface area (Å²) in [4.78, 5) is 25.8. The molecule has 3 aromatic carbocycles. The first-order valence-electron chi connectivity index (χ1n) is 10.3. The third-order valence-corrected chi connectivity index (χ3v) is 5.33. The second-order valence-corrected chi connectivity index (χ2v) is 7.41. The quantitative estimate of drug-likeness (QED) is 0.127. The van der Waals surface area contributed by atoms with Crippen LogP contribution in [0.4, 0.5) is 0 Å². The van der Waals surface area contributed by atoms with Crippen molar-refractivity contribution >= 4 is 33.7 Å². The third kappa shape index (κ3) is 4.46. The number of aromatic nitrogens is 1. The second-order valence-electron chi connectivity index (χ2n) is 7.41. The Morgan fingerprint density at radius 1 is 0.812 bits per heavy atom. The molecule has 4 aromatic rings. The van der Waals surface area contributed by atoms with Crippen LogP contribution in [0.2, 0.25) is 0 Å². The SMILES string of the molecule is CCOC(=O)C[n+]1c2ccccc2c(C(=O)Oc2c(C)cccc2C)c2ccccc21.[I-]. The van der Waals surface area contributed by atoms with Crippen molar-refractivity contribution < 1.29 is 47.6 Å². The molecule has 0 bridgehead atoms. The summed E-state index contributed by atoms with van der Waals surface area (Å²) < 4.78 is 13.0. The summed E-state index contributed by atoms with van der Waals surface area (Å²) in [6.45, 7) is 6.00. The highest BCUT2D eigenvalue weighted by atomic mass is 127. The Morgan fingerprint density at radius 3 is 1.88 bits per heavy atom. The van der Waals surface area contributed by atoms with E-state index in [1.807, 2.05) is 85.1 Å². The smallest absolute Gasteiger partial charge is 0.372 e. The minimum atomic E-state index is -0.423. The molecule has 0 saturated heterocycles. The van der Waals surface area contributed by atoms with Crippen LogP contribution in [-0.4, -0.2) is 18.5 Å². The predicted molar refractivity (Wildman–Crippen MR) is 119 cm³/mol. The molecule has 0 saturated carbocycles. The van der Waals surface area contributed by atoms with Crippen LogP contribution in [0.15, 0.2) is 66.7 Å². The Morgan fingerprint density at radius 2 is 1.34 bits per heavy atom. The van der Waals surface area contributed by atoms with Crippen LogP contribution in [0.1, 0.15) is 28.4 Å². The van der Waals surface area contributed by atoms with Crippen LogP contribution in [0.25, 0.3) is 21.8 Å². The summed E-state index contributed by atoms with van der Waals surface area (Å²) in [5.74, 6) is -0.175. The van der Waals surface area contributed by atoms with Crippen LogP contribution >= 0.6 is 0 Å². The van der Waals surface area contributed by atoms with Gasteiger partial charge in [-0.3, -0.25) is 0 Å². The van der Waals surface area contributed by atoms with Gasteiger partial charge in [0.05, 0.1) is 22.9 Å². The van der Waals surface area contributed by atoms with Gasteiger partial charge in [0.15, 0.2) is 0 Å². The molecular formula is C26H24INO4. The normalized spacial score (nSPS) is 10.6. The van der Waals surface area contributed by atoms with Crippen molar-refractivity contribution in [3.05, 3.63) is 83.4 Å². The predicted octanol–water partition coefficient (Wildman–Crippen LogP) is 1.68. The Labute approximate surface area is 204 Å². The van der Waals surface area contributed by atoms with E-state index in [-0.39, 0.29) is 36.5 Å². The first kappa shape index (κ1) is 23.7. The second kappa shape index (κ2) is 10.1. The van der Waals surface area contributed by atoms with Crippen LogP contribution in [0.5, 0.6) is 5.75 Å². The summed E-state index contributed by atoms with van der Waals surface area (Å²) in [7, 11) is 0. The molecule has 6 heteroatoms. The highest BCUT2D eigenvalue weighted by molar-refractivity contribution is 6.13. The molecule has 0 radical (unpaired) electrons. The van der Waals surface area contributed by atoms with Gasteiger partial charge in [-0.05, 0) is 44.0 Å². The monoisotopic (exact) mass is 541 g/mol. The number of fused-ring (bicyclic) bond motifs is 2. The van der Waals surface area contributed by atoms with Crippen molar-refractivity contribution in [2.75, 3.05) is 6.61 Å². The maximum atomic E-state index is 13.5. The zero-order chi connectivity index (χ0) is 22.0. The van der Waals surface area contributed by atoms with Gasteiger partial charge in [0, 0.05) is 12.1 Å². The van der Waals surface area contributed by atoms with Crippen LogP contribution < -0.4 is 33.3 Å². The molecule has 0 spiro atoms. The number of halogens is 1. The van der Waals surface area contributed by atoms with E-state index >= 15 is 0 Å². The summed E-state index contributed by atoms with van der Waals surface area (Å²) in [5, 5.41) is 1.45. The number of hydrogen-bond donors (Lipinski definition) is 0. The number of carbonyl (C=O) groups excluding carboxylic acids is 2. The molecule has 32 heavy (non-hydrogen) atoms. The van der Waals surface area contributed by atoms with E-state index in [2.05, 4.69) is 0 Å². The van der Waals surface area contributed by atoms with Crippen molar-refractivity contribution in [3.63, 3.8) is 0 Å². The lowest BCUT2D eigenvalue weighted by Gasteiger charge is -2.13. The van der Waals surface area contributed by atoms with Crippen LogP contribution in [-0.2, 0) is 16.1 Å². The first-order valence-corrected chi connectivity index (χ1v) is 10.3. The van der Waals surface area contributed by atoms with Crippen LogP contribution in [0.3, 0.4) is 0 Å². The number of pyridine rings is 1. The topological polar surface area (TPSA) is 56.5 Å². The van der Waals surface area contributed by atoms with Crippen molar-refractivity contribution in [2.24, 2.45) is 0 Å². The van der Waals surface area contributed by atoms with Gasteiger partial charge >= 0.3 is 11.9 Å². The summed E-state index contributed by atoms with van der Waals surface area (Å²) in [6, 6.07) is 20.9. The fourth-order valence-corrected chi connectivity index (χ4v) is 3.95. The average molecular weight is 541 g/mol. The number of nitrogens with zero attached hydrogens (tertiary/aromatic N) is 1. The van der Waals surface area contributed by atoms with Gasteiger partial charge < -0.3 is 33.5 Å². The van der Waals surface area contributed by atoms with Gasteiger partial charge in [-0.15, -0.1) is 0 Å². The Bertz CT molecular complexity index is 1240. The molecule has 0 atom stereocenters. The molecule has 5 nitrogen and oxygen atoms in total. The number of esters is 2. The summed E-state index contributed by atoms with van der Waals surface area (Å²) >= 11 is 0. The Balaban J connectivity index is 0.00000289. The van der Waals surface area contributed by atoms with Gasteiger partial charge in [-0.1, -0.05) is 42.5 Å². The zero-order valence-electron chi connectivity index (χ0n) is 18.2. The fourth-order valence-electron chi connectivity index (χ4n) is 3.95. The molecule has 0 unspecified atom stereocenters. The molecule has 0 aliphatic rings. The van der Waals surface area contributed by atoms with Gasteiger partial charge in [0.1, 0.15) is 5.75 Å². The van der Waals surface area contributed by atoms with E-state index in [0.717, 1.165) is 32.9 Å². The molecule has 164 valence electrons. The van der Waals surface area contributed by atoms with Gasteiger partial charge in [-0.25, -0.2) is 9.59 Å². The number of aryl methyl sites for hydroxylation is 2. The van der Waals surface area contributed by atoms with Gasteiger partial charge in [-0.2, -0.15) is 4.57 Å². The number of rotatable bonds is 5. The van der Waals surface area contributed by atoms with E-state index in [9.17, 15) is 9.59 Å². The molecule has 1 heterocycles. The summed E-state index contributed by atoms with van der Waals surface area (Å²) in [6.07, 6.45) is 0. The van der Waals surface area contributed by atoms with Crippen LogP contribution in [0, 0.1) is 13.8 Å². The lowest BCUT2D eigenvalue weighted by atomic mass is 10.0. The standard InChI is InChI=1S/C26H24NO4.HI/c1-4-30-23(28)16-27-21-14-7-5-12-19(21)24(20-13-6-8-15-22(20)27)26(29)31-25-17(2)10-9-11-18(25)3;/h5-15H,4,16H2,1-3H3;1H/q+1;/p-1. The maximum absolute atomic E-state index is 13.5. The van der Waals surface area contributed by atoms with Crippen molar-refractivity contribution in [1.29, 1.82) is 0 Å². The lowest BCUT2D eigenvalue weighted by Crippen LogP contribution is -3.00. The largest absolute Gasteiger partial charge is 1.00 e. The molecule has 0 N–H and O–H groups in total. The van der Waals surface area contributed by atoms with E-state index in [4.69, 9.17) is 9.47 Å². The minimum absolute atomic E-state index is 0. The maximum Gasteiger partial charge on any atom is 0.372 e. The Hall–Kier alpha value is -3.00. The lowest BCUT2D eigenvalue weighted by molar-refractivity contribution is -0.633. The minimum Gasteiger partial charge on any atom is -1.00 e.